The zero-order chi connectivity index (χ0) is 10.8. The van der Waals surface area contributed by atoms with Crippen LogP contribution in [0.1, 0.15) is 26.3 Å². The van der Waals surface area contributed by atoms with Crippen LogP contribution < -0.4 is 0 Å². The van der Waals surface area contributed by atoms with Crippen LogP contribution in [0.5, 0.6) is 0 Å². The molecule has 1 nitrogen and oxygen atoms in total. The first-order valence-corrected chi connectivity index (χ1v) is 5.90. The van der Waals surface area contributed by atoms with E-state index in [1.165, 1.54) is 9.13 Å². The second-order valence-electron chi connectivity index (χ2n) is 4.71. The summed E-state index contributed by atoms with van der Waals surface area (Å²) in [5.74, 6) is 0. The largest absolute Gasteiger partial charge is 0.392 e. The van der Waals surface area contributed by atoms with E-state index in [1.54, 1.807) is 0 Å². The number of aliphatic hydroxyl groups excluding tert-OH is 1. The van der Waals surface area contributed by atoms with E-state index in [-0.39, 0.29) is 11.5 Å². The van der Waals surface area contributed by atoms with Crippen molar-refractivity contribution in [2.45, 2.75) is 33.3 Å². The lowest BCUT2D eigenvalue weighted by molar-refractivity contribution is 0.0636. The molecule has 2 heteroatoms. The maximum Gasteiger partial charge on any atom is 0.0628 e. The quantitative estimate of drug-likeness (QED) is 0.832. The first kappa shape index (κ1) is 12.0. The fourth-order valence-corrected chi connectivity index (χ4v) is 1.51. The monoisotopic (exact) mass is 304 g/mol. The minimum absolute atomic E-state index is 0.0387. The van der Waals surface area contributed by atoms with Crippen LogP contribution in [0.4, 0.5) is 0 Å². The van der Waals surface area contributed by atoms with Crippen molar-refractivity contribution in [2.24, 2.45) is 5.41 Å². The van der Waals surface area contributed by atoms with Crippen molar-refractivity contribution < 1.29 is 5.11 Å². The predicted molar refractivity (Wildman–Crippen MR) is 68.3 cm³/mol. The summed E-state index contributed by atoms with van der Waals surface area (Å²) in [7, 11) is 0. The number of aliphatic hydroxyl groups is 1. The Morgan fingerprint density at radius 3 is 2.14 bits per heavy atom. The average Bonchev–Trinajstić information content (AvgIpc) is 2.07. The molecular formula is C12H17IO. The molecule has 1 aromatic rings. The van der Waals surface area contributed by atoms with Gasteiger partial charge in [0.25, 0.3) is 0 Å². The molecule has 1 N–H and O–H groups in total. The molecular weight excluding hydrogens is 287 g/mol. The molecule has 78 valence electrons. The molecule has 0 heterocycles. The van der Waals surface area contributed by atoms with Crippen LogP contribution in [0.3, 0.4) is 0 Å². The zero-order valence-electron chi connectivity index (χ0n) is 8.92. The third kappa shape index (κ3) is 3.58. The number of benzene rings is 1. The maximum atomic E-state index is 9.91. The summed E-state index contributed by atoms with van der Waals surface area (Å²) in [4.78, 5) is 0. The molecule has 1 atom stereocenters. The smallest absolute Gasteiger partial charge is 0.0628 e. The highest BCUT2D eigenvalue weighted by Crippen LogP contribution is 2.22. The van der Waals surface area contributed by atoms with E-state index < -0.39 is 0 Å². The van der Waals surface area contributed by atoms with E-state index in [9.17, 15) is 5.11 Å². The van der Waals surface area contributed by atoms with Gasteiger partial charge in [0.2, 0.25) is 0 Å². The lowest BCUT2D eigenvalue weighted by atomic mass is 9.85. The zero-order valence-corrected chi connectivity index (χ0v) is 11.1. The van der Waals surface area contributed by atoms with E-state index in [0.29, 0.717) is 0 Å². The van der Waals surface area contributed by atoms with Crippen molar-refractivity contribution in [3.63, 3.8) is 0 Å². The normalized spacial score (nSPS) is 14.1. The molecule has 0 saturated carbocycles. The molecule has 0 fully saturated rings. The van der Waals surface area contributed by atoms with Crippen LogP contribution in [0, 0.1) is 8.99 Å². The Hall–Kier alpha value is -0.0900. The second kappa shape index (κ2) is 4.62. The van der Waals surface area contributed by atoms with Crippen molar-refractivity contribution in [1.29, 1.82) is 0 Å². The van der Waals surface area contributed by atoms with Crippen LogP contribution in [0.2, 0.25) is 0 Å². The predicted octanol–water partition coefficient (Wildman–Crippen LogP) is 3.24. The van der Waals surface area contributed by atoms with Gasteiger partial charge < -0.3 is 5.11 Å². The molecule has 0 aromatic heterocycles. The minimum Gasteiger partial charge on any atom is -0.392 e. The van der Waals surface area contributed by atoms with Gasteiger partial charge in [0.05, 0.1) is 6.10 Å². The summed E-state index contributed by atoms with van der Waals surface area (Å²) in [6, 6.07) is 8.31. The van der Waals surface area contributed by atoms with Gasteiger partial charge in [-0.1, -0.05) is 32.9 Å². The molecule has 1 aromatic carbocycles. The van der Waals surface area contributed by atoms with E-state index in [0.717, 1.165) is 6.42 Å². The molecule has 0 amide bonds. The van der Waals surface area contributed by atoms with Gasteiger partial charge in [0, 0.05) is 3.57 Å². The summed E-state index contributed by atoms with van der Waals surface area (Å²) in [5, 5.41) is 9.91. The first-order valence-electron chi connectivity index (χ1n) is 4.82. The lowest BCUT2D eigenvalue weighted by Crippen LogP contribution is -2.27. The molecule has 1 unspecified atom stereocenters. The number of rotatable bonds is 2. The van der Waals surface area contributed by atoms with Gasteiger partial charge in [-0.05, 0) is 52.1 Å². The minimum atomic E-state index is -0.275. The van der Waals surface area contributed by atoms with Crippen molar-refractivity contribution in [1.82, 2.24) is 0 Å². The van der Waals surface area contributed by atoms with Gasteiger partial charge in [-0.25, -0.2) is 0 Å². The van der Waals surface area contributed by atoms with Crippen molar-refractivity contribution >= 4 is 22.6 Å². The van der Waals surface area contributed by atoms with Crippen molar-refractivity contribution in [2.75, 3.05) is 0 Å². The standard InChI is InChI=1S/C12H17IO/c1-12(2,3)11(14)8-9-4-6-10(13)7-5-9/h4-7,11,14H,8H2,1-3H3. The molecule has 0 aliphatic heterocycles. The van der Waals surface area contributed by atoms with Gasteiger partial charge in [0.15, 0.2) is 0 Å². The van der Waals surface area contributed by atoms with Crippen LogP contribution in [0.15, 0.2) is 24.3 Å². The lowest BCUT2D eigenvalue weighted by Gasteiger charge is -2.25. The van der Waals surface area contributed by atoms with Gasteiger partial charge in [-0.15, -0.1) is 0 Å². The summed E-state index contributed by atoms with van der Waals surface area (Å²) >= 11 is 2.28. The molecule has 0 radical (unpaired) electrons. The van der Waals surface area contributed by atoms with Crippen LogP contribution in [-0.4, -0.2) is 11.2 Å². The molecule has 14 heavy (non-hydrogen) atoms. The first-order chi connectivity index (χ1) is 6.39. The Kier molecular flexibility index (Phi) is 3.95. The van der Waals surface area contributed by atoms with Crippen LogP contribution >= 0.6 is 22.6 Å². The maximum absolute atomic E-state index is 9.91. The highest BCUT2D eigenvalue weighted by atomic mass is 127. The van der Waals surface area contributed by atoms with Crippen molar-refractivity contribution in [3.05, 3.63) is 33.4 Å². The average molecular weight is 304 g/mol. The Bertz CT molecular complexity index is 284. The summed E-state index contributed by atoms with van der Waals surface area (Å²) in [5.41, 5.74) is 1.16. The highest BCUT2D eigenvalue weighted by Gasteiger charge is 2.21. The van der Waals surface area contributed by atoms with Crippen molar-refractivity contribution in [3.8, 4) is 0 Å². The van der Waals surface area contributed by atoms with Crippen LogP contribution in [-0.2, 0) is 6.42 Å². The van der Waals surface area contributed by atoms with Gasteiger partial charge in [-0.2, -0.15) is 0 Å². The highest BCUT2D eigenvalue weighted by molar-refractivity contribution is 14.1. The molecule has 0 bridgehead atoms. The summed E-state index contributed by atoms with van der Waals surface area (Å²) < 4.78 is 1.23. The van der Waals surface area contributed by atoms with Gasteiger partial charge in [0.1, 0.15) is 0 Å². The van der Waals surface area contributed by atoms with E-state index in [4.69, 9.17) is 0 Å². The third-order valence-electron chi connectivity index (χ3n) is 2.34. The fraction of sp³-hybridized carbons (Fsp3) is 0.500. The Morgan fingerprint density at radius 1 is 1.21 bits per heavy atom. The summed E-state index contributed by atoms with van der Waals surface area (Å²) in [6.07, 6.45) is 0.461. The van der Waals surface area contributed by atoms with E-state index in [2.05, 4.69) is 67.6 Å². The Morgan fingerprint density at radius 2 is 1.71 bits per heavy atom. The van der Waals surface area contributed by atoms with Gasteiger partial charge >= 0.3 is 0 Å². The molecule has 0 aliphatic rings. The van der Waals surface area contributed by atoms with E-state index in [1.807, 2.05) is 0 Å². The molecule has 0 aliphatic carbocycles. The summed E-state index contributed by atoms with van der Waals surface area (Å²) in [6.45, 7) is 6.18. The number of halogens is 1. The Balaban J connectivity index is 2.65. The Labute approximate surface area is 99.7 Å². The topological polar surface area (TPSA) is 20.2 Å². The molecule has 0 saturated heterocycles. The fourth-order valence-electron chi connectivity index (χ4n) is 1.15. The second-order valence-corrected chi connectivity index (χ2v) is 5.96. The number of hydrogen-bond donors (Lipinski definition) is 1. The van der Waals surface area contributed by atoms with E-state index >= 15 is 0 Å². The molecule has 1 rings (SSSR count). The third-order valence-corrected chi connectivity index (χ3v) is 3.06. The van der Waals surface area contributed by atoms with Gasteiger partial charge in [-0.3, -0.25) is 0 Å². The number of hydrogen-bond acceptors (Lipinski definition) is 1. The van der Waals surface area contributed by atoms with Crippen LogP contribution in [0.25, 0.3) is 0 Å². The molecule has 0 spiro atoms. The SMILES string of the molecule is CC(C)(C)C(O)Cc1ccc(I)cc1.